The first-order chi connectivity index (χ1) is 21.2. The van der Waals surface area contributed by atoms with Crippen LogP contribution < -0.4 is 5.32 Å². The Labute approximate surface area is 257 Å². The summed E-state index contributed by atoms with van der Waals surface area (Å²) in [5.41, 5.74) is 3.85. The number of hydrogen-bond donors (Lipinski definition) is 5. The number of aliphatic hydroxyl groups is 2. The van der Waals surface area contributed by atoms with E-state index in [0.717, 1.165) is 16.7 Å². The standard InChI is InChI=1S/C34H42N2O8/c1-36(21-30(39)26-6-5-7-28(38)18-26)20-29-19-31(24-12-10-23(22-37)11-13-24)44-34(43-29)25-14-16-27(17-15-25)35-32(40)8-3-2-4-9-33(41)42/h5-7,10-18,29-31,34,37-39H,2-4,8-9,19-22H2,1H3,(H,35,40)(H,41,42)/t29-,30+,31+,34+/m0/s1. The average molecular weight is 607 g/mol. The van der Waals surface area contributed by atoms with E-state index in [-0.39, 0.29) is 36.9 Å². The van der Waals surface area contributed by atoms with Crippen molar-refractivity contribution in [1.82, 2.24) is 4.90 Å². The highest BCUT2D eigenvalue weighted by molar-refractivity contribution is 5.90. The number of aliphatic carboxylic acids is 1. The normalized spacial score (nSPS) is 19.0. The molecular weight excluding hydrogens is 564 g/mol. The third kappa shape index (κ3) is 10.1. The molecule has 1 amide bonds. The number of aromatic hydroxyl groups is 1. The number of carbonyl (C=O) groups excluding carboxylic acids is 1. The van der Waals surface area contributed by atoms with Gasteiger partial charge in [-0.3, -0.25) is 9.59 Å². The minimum Gasteiger partial charge on any atom is -0.508 e. The Morgan fingerprint density at radius 1 is 0.955 bits per heavy atom. The van der Waals surface area contributed by atoms with E-state index in [0.29, 0.717) is 56.4 Å². The summed E-state index contributed by atoms with van der Waals surface area (Å²) in [4.78, 5) is 25.0. The van der Waals surface area contributed by atoms with Gasteiger partial charge in [-0.1, -0.05) is 55.0 Å². The van der Waals surface area contributed by atoms with E-state index in [2.05, 4.69) is 5.32 Å². The summed E-state index contributed by atoms with van der Waals surface area (Å²) in [6.45, 7) is 0.834. The number of ether oxygens (including phenoxy) is 2. The molecule has 10 heteroatoms. The second kappa shape index (κ2) is 16.3. The molecule has 4 atom stereocenters. The van der Waals surface area contributed by atoms with Crippen LogP contribution in [0.3, 0.4) is 0 Å². The van der Waals surface area contributed by atoms with Gasteiger partial charge < -0.3 is 40.1 Å². The second-order valence-electron chi connectivity index (χ2n) is 11.3. The molecule has 236 valence electrons. The number of carboxylic acid groups (broad SMARTS) is 1. The van der Waals surface area contributed by atoms with Gasteiger partial charge in [-0.25, -0.2) is 0 Å². The topological polar surface area (TPSA) is 149 Å². The van der Waals surface area contributed by atoms with Crippen LogP contribution >= 0.6 is 0 Å². The zero-order chi connectivity index (χ0) is 31.5. The van der Waals surface area contributed by atoms with Crippen LogP contribution in [0.15, 0.2) is 72.8 Å². The first-order valence-electron chi connectivity index (χ1n) is 15.0. The number of nitrogens with zero attached hydrogens (tertiary/aromatic N) is 1. The number of aliphatic hydroxyl groups excluding tert-OH is 2. The first kappa shape index (κ1) is 33.1. The largest absolute Gasteiger partial charge is 0.508 e. The molecule has 1 saturated heterocycles. The Bertz CT molecular complexity index is 1350. The number of unbranched alkanes of at least 4 members (excludes halogenated alkanes) is 2. The Morgan fingerprint density at radius 2 is 1.66 bits per heavy atom. The van der Waals surface area contributed by atoms with Crippen molar-refractivity contribution in [3.8, 4) is 5.75 Å². The smallest absolute Gasteiger partial charge is 0.303 e. The summed E-state index contributed by atoms with van der Waals surface area (Å²) in [6.07, 6.45) is 0.949. The first-order valence-corrected chi connectivity index (χ1v) is 15.0. The van der Waals surface area contributed by atoms with Gasteiger partial charge in [0.1, 0.15) is 5.75 Å². The predicted octanol–water partition coefficient (Wildman–Crippen LogP) is 5.07. The molecule has 0 aromatic heterocycles. The van der Waals surface area contributed by atoms with Gasteiger partial charge in [-0.05, 0) is 60.8 Å². The monoisotopic (exact) mass is 606 g/mol. The lowest BCUT2D eigenvalue weighted by atomic mass is 9.99. The number of anilines is 1. The fourth-order valence-electron chi connectivity index (χ4n) is 5.27. The molecule has 10 nitrogen and oxygen atoms in total. The fourth-order valence-corrected chi connectivity index (χ4v) is 5.27. The summed E-state index contributed by atoms with van der Waals surface area (Å²) in [5.74, 6) is -0.845. The van der Waals surface area contributed by atoms with E-state index in [1.165, 1.54) is 0 Å². The number of rotatable bonds is 15. The van der Waals surface area contributed by atoms with Crippen LogP contribution in [0.25, 0.3) is 0 Å². The zero-order valence-electron chi connectivity index (χ0n) is 25.0. The summed E-state index contributed by atoms with van der Waals surface area (Å²) in [5, 5.41) is 41.6. The summed E-state index contributed by atoms with van der Waals surface area (Å²) in [7, 11) is 1.91. The van der Waals surface area contributed by atoms with Crippen molar-refractivity contribution in [3.05, 3.63) is 95.1 Å². The second-order valence-corrected chi connectivity index (χ2v) is 11.3. The van der Waals surface area contributed by atoms with Gasteiger partial charge in [0.2, 0.25) is 5.91 Å². The van der Waals surface area contributed by atoms with Crippen LogP contribution in [0.4, 0.5) is 5.69 Å². The molecule has 1 fully saturated rings. The molecule has 0 spiro atoms. The highest BCUT2D eigenvalue weighted by Gasteiger charge is 2.33. The fraction of sp³-hybridized carbons (Fsp3) is 0.412. The van der Waals surface area contributed by atoms with Crippen molar-refractivity contribution in [1.29, 1.82) is 0 Å². The Hall–Kier alpha value is -3.80. The van der Waals surface area contributed by atoms with E-state index in [1.54, 1.807) is 36.4 Å². The number of phenols is 1. The quantitative estimate of drug-likeness (QED) is 0.150. The minimum absolute atomic E-state index is 0.0416. The number of benzene rings is 3. The molecule has 1 aliphatic heterocycles. The molecule has 1 aliphatic rings. The summed E-state index contributed by atoms with van der Waals surface area (Å²) >= 11 is 0. The highest BCUT2D eigenvalue weighted by atomic mass is 16.7. The van der Waals surface area contributed by atoms with Crippen molar-refractivity contribution >= 4 is 17.6 Å². The molecule has 5 N–H and O–H groups in total. The van der Waals surface area contributed by atoms with Crippen LogP contribution in [0.5, 0.6) is 5.75 Å². The van der Waals surface area contributed by atoms with E-state index in [1.807, 2.05) is 48.3 Å². The molecule has 3 aromatic carbocycles. The molecule has 0 aliphatic carbocycles. The molecule has 0 saturated carbocycles. The van der Waals surface area contributed by atoms with Crippen molar-refractivity contribution < 1.29 is 39.5 Å². The minimum atomic E-state index is -0.825. The van der Waals surface area contributed by atoms with E-state index >= 15 is 0 Å². The summed E-state index contributed by atoms with van der Waals surface area (Å²) < 4.78 is 12.8. The molecule has 0 unspecified atom stereocenters. The third-order valence-corrected chi connectivity index (χ3v) is 7.63. The van der Waals surface area contributed by atoms with Crippen molar-refractivity contribution in [2.45, 2.75) is 69.7 Å². The average Bonchev–Trinajstić information content (AvgIpc) is 3.01. The Morgan fingerprint density at radius 3 is 2.34 bits per heavy atom. The maximum Gasteiger partial charge on any atom is 0.303 e. The lowest BCUT2D eigenvalue weighted by Crippen LogP contribution is -2.39. The van der Waals surface area contributed by atoms with Gasteiger partial charge in [0.05, 0.1) is 24.9 Å². The highest BCUT2D eigenvalue weighted by Crippen LogP contribution is 2.38. The van der Waals surface area contributed by atoms with E-state index < -0.39 is 18.4 Å². The molecular formula is C34H42N2O8. The van der Waals surface area contributed by atoms with Gasteiger partial charge in [0, 0.05) is 43.6 Å². The number of carbonyl (C=O) groups is 2. The van der Waals surface area contributed by atoms with Crippen molar-refractivity contribution in [2.24, 2.45) is 0 Å². The molecule has 4 rings (SSSR count). The van der Waals surface area contributed by atoms with Gasteiger partial charge in [-0.15, -0.1) is 0 Å². The Kier molecular flexibility index (Phi) is 12.3. The van der Waals surface area contributed by atoms with Crippen LogP contribution in [-0.2, 0) is 25.7 Å². The third-order valence-electron chi connectivity index (χ3n) is 7.63. The van der Waals surface area contributed by atoms with E-state index in [4.69, 9.17) is 14.6 Å². The summed E-state index contributed by atoms with van der Waals surface area (Å²) in [6, 6.07) is 21.6. The number of phenolic OH excluding ortho intramolecular Hbond substituents is 1. The molecule has 0 bridgehead atoms. The number of hydrogen-bond acceptors (Lipinski definition) is 8. The number of nitrogens with one attached hydrogen (secondary N) is 1. The number of amides is 1. The van der Waals surface area contributed by atoms with Gasteiger partial charge in [0.15, 0.2) is 6.29 Å². The molecule has 44 heavy (non-hydrogen) atoms. The number of likely N-dealkylation sites (N-methyl/N-ethyl adjacent to an activating group) is 1. The van der Waals surface area contributed by atoms with Crippen LogP contribution in [0, 0.1) is 0 Å². The molecule has 1 heterocycles. The van der Waals surface area contributed by atoms with Gasteiger partial charge in [-0.2, -0.15) is 0 Å². The maximum absolute atomic E-state index is 12.3. The lowest BCUT2D eigenvalue weighted by molar-refractivity contribution is -0.252. The van der Waals surface area contributed by atoms with Crippen LogP contribution in [0.2, 0.25) is 0 Å². The number of carboxylic acids is 1. The molecule has 0 radical (unpaired) electrons. The predicted molar refractivity (Wildman–Crippen MR) is 165 cm³/mol. The van der Waals surface area contributed by atoms with Gasteiger partial charge in [0.25, 0.3) is 0 Å². The van der Waals surface area contributed by atoms with Crippen LogP contribution in [-0.4, -0.2) is 63.4 Å². The maximum atomic E-state index is 12.3. The van der Waals surface area contributed by atoms with Gasteiger partial charge >= 0.3 is 5.97 Å². The Balaban J connectivity index is 1.40. The van der Waals surface area contributed by atoms with E-state index in [9.17, 15) is 24.9 Å². The lowest BCUT2D eigenvalue weighted by Gasteiger charge is -2.38. The van der Waals surface area contributed by atoms with Crippen molar-refractivity contribution in [3.63, 3.8) is 0 Å². The molecule has 3 aromatic rings. The van der Waals surface area contributed by atoms with Crippen molar-refractivity contribution in [2.75, 3.05) is 25.5 Å². The SMILES string of the molecule is CN(C[C@@H]1C[C@H](c2ccc(CO)cc2)O[C@H](c2ccc(NC(=O)CCCCCC(=O)O)cc2)O1)C[C@@H](O)c1cccc(O)c1. The van der Waals surface area contributed by atoms with Crippen LogP contribution in [0.1, 0.15) is 79.3 Å². The zero-order valence-corrected chi connectivity index (χ0v) is 25.0.